The van der Waals surface area contributed by atoms with Gasteiger partial charge in [-0.1, -0.05) is 6.92 Å². The van der Waals surface area contributed by atoms with Gasteiger partial charge in [-0.3, -0.25) is 0 Å². The van der Waals surface area contributed by atoms with Crippen LogP contribution in [0.4, 0.5) is 16.2 Å². The van der Waals surface area contributed by atoms with Crippen molar-refractivity contribution >= 4 is 39.0 Å². The van der Waals surface area contributed by atoms with Gasteiger partial charge in [-0.2, -0.15) is 4.98 Å². The maximum atomic E-state index is 13.8. The second-order valence-electron chi connectivity index (χ2n) is 4.38. The summed E-state index contributed by atoms with van der Waals surface area (Å²) in [6.07, 6.45) is 2.18. The van der Waals surface area contributed by atoms with E-state index in [1.165, 1.54) is 6.20 Å². The van der Waals surface area contributed by atoms with E-state index in [1.54, 1.807) is 16.2 Å². The van der Waals surface area contributed by atoms with E-state index >= 15 is 0 Å². The summed E-state index contributed by atoms with van der Waals surface area (Å²) in [4.78, 5) is 11.1. The molecule has 0 aromatic carbocycles. The van der Waals surface area contributed by atoms with Crippen LogP contribution < -0.4 is 10.2 Å². The average Bonchev–Trinajstić information content (AvgIpc) is 2.83. The third-order valence-corrected chi connectivity index (χ3v) is 4.32. The fourth-order valence-electron chi connectivity index (χ4n) is 1.69. The molecule has 0 saturated heterocycles. The predicted octanol–water partition coefficient (Wildman–Crippen LogP) is 3.90. The van der Waals surface area contributed by atoms with Gasteiger partial charge in [0, 0.05) is 28.3 Å². The molecule has 0 bridgehead atoms. The lowest BCUT2D eigenvalue weighted by Gasteiger charge is -2.18. The van der Waals surface area contributed by atoms with Crippen molar-refractivity contribution in [2.75, 3.05) is 23.8 Å². The van der Waals surface area contributed by atoms with Crippen molar-refractivity contribution in [3.8, 4) is 0 Å². The summed E-state index contributed by atoms with van der Waals surface area (Å²) in [6, 6.07) is 2.02. The lowest BCUT2D eigenvalue weighted by Crippen LogP contribution is -2.19. The summed E-state index contributed by atoms with van der Waals surface area (Å²) < 4.78 is 14.9. The van der Waals surface area contributed by atoms with Gasteiger partial charge in [0.2, 0.25) is 5.95 Å². The molecule has 0 aliphatic carbocycles. The van der Waals surface area contributed by atoms with Crippen LogP contribution in [0.5, 0.6) is 0 Å². The van der Waals surface area contributed by atoms with E-state index in [9.17, 15) is 4.39 Å². The predicted molar refractivity (Wildman–Crippen MR) is 84.9 cm³/mol. The zero-order valence-corrected chi connectivity index (χ0v) is 13.8. The van der Waals surface area contributed by atoms with Gasteiger partial charge in [0.25, 0.3) is 0 Å². The van der Waals surface area contributed by atoms with Gasteiger partial charge in [0.1, 0.15) is 0 Å². The summed E-state index contributed by atoms with van der Waals surface area (Å²) in [6.45, 7) is 3.43. The van der Waals surface area contributed by atoms with Crippen LogP contribution in [0.15, 0.2) is 22.1 Å². The summed E-state index contributed by atoms with van der Waals surface area (Å²) in [5, 5.41) is 5.07. The number of anilines is 2. The molecule has 20 heavy (non-hydrogen) atoms. The highest BCUT2D eigenvalue weighted by Crippen LogP contribution is 2.24. The van der Waals surface area contributed by atoms with Crippen LogP contribution >= 0.6 is 27.3 Å². The number of hydrogen-bond donors (Lipinski definition) is 1. The molecule has 0 atom stereocenters. The van der Waals surface area contributed by atoms with Crippen molar-refractivity contribution in [3.63, 3.8) is 0 Å². The van der Waals surface area contributed by atoms with E-state index in [0.29, 0.717) is 18.3 Å². The number of aromatic nitrogens is 2. The molecule has 2 aromatic rings. The molecule has 2 rings (SSSR count). The number of halogens is 2. The van der Waals surface area contributed by atoms with Crippen molar-refractivity contribution in [1.82, 2.24) is 9.97 Å². The number of thiophene rings is 1. The number of hydrogen-bond acceptors (Lipinski definition) is 5. The Kier molecular flexibility index (Phi) is 5.31. The zero-order chi connectivity index (χ0) is 14.5. The van der Waals surface area contributed by atoms with E-state index in [-0.39, 0.29) is 0 Å². The molecule has 0 aliphatic rings. The smallest absolute Gasteiger partial charge is 0.224 e. The first-order valence-electron chi connectivity index (χ1n) is 6.30. The van der Waals surface area contributed by atoms with Gasteiger partial charge in [0.05, 0.1) is 12.7 Å². The first-order valence-corrected chi connectivity index (χ1v) is 7.98. The average molecular weight is 359 g/mol. The molecular weight excluding hydrogens is 343 g/mol. The number of nitrogens with one attached hydrogen (secondary N) is 1. The van der Waals surface area contributed by atoms with Crippen molar-refractivity contribution in [2.24, 2.45) is 0 Å². The minimum absolute atomic E-state index is 0.308. The molecule has 0 spiro atoms. The molecule has 1 N–H and O–H groups in total. The summed E-state index contributed by atoms with van der Waals surface area (Å²) in [5.74, 6) is 0.357. The van der Waals surface area contributed by atoms with Crippen molar-refractivity contribution in [3.05, 3.63) is 32.8 Å². The normalized spacial score (nSPS) is 10.6. The van der Waals surface area contributed by atoms with Gasteiger partial charge in [-0.05, 0) is 28.4 Å². The SMILES string of the molecule is CCCNc1ncc(F)c(N(C)Cc2cc(Br)cs2)n1. The first kappa shape index (κ1) is 15.2. The van der Waals surface area contributed by atoms with Crippen molar-refractivity contribution in [2.45, 2.75) is 19.9 Å². The Morgan fingerprint density at radius 3 is 2.95 bits per heavy atom. The molecule has 0 aliphatic heterocycles. The summed E-state index contributed by atoms with van der Waals surface area (Å²) in [5.41, 5.74) is 0. The molecule has 0 amide bonds. The second-order valence-corrected chi connectivity index (χ2v) is 6.29. The fourth-order valence-corrected chi connectivity index (χ4v) is 3.20. The van der Waals surface area contributed by atoms with E-state index < -0.39 is 5.82 Å². The standard InChI is InChI=1S/C13H16BrFN4S/c1-3-4-16-13-17-6-11(15)12(18-13)19(2)7-10-5-9(14)8-20-10/h5-6,8H,3-4,7H2,1-2H3,(H,16,17,18). The van der Waals surface area contributed by atoms with Crippen LogP contribution in [0.25, 0.3) is 0 Å². The molecule has 2 heterocycles. The maximum absolute atomic E-state index is 13.8. The topological polar surface area (TPSA) is 41.1 Å². The quantitative estimate of drug-likeness (QED) is 0.850. The molecule has 7 heteroatoms. The van der Waals surface area contributed by atoms with Gasteiger partial charge in [0.15, 0.2) is 11.6 Å². The minimum Gasteiger partial charge on any atom is -0.354 e. The highest BCUT2D eigenvalue weighted by atomic mass is 79.9. The van der Waals surface area contributed by atoms with Crippen LogP contribution in [0, 0.1) is 5.82 Å². The molecule has 0 radical (unpaired) electrons. The van der Waals surface area contributed by atoms with Crippen LogP contribution in [0.2, 0.25) is 0 Å². The summed E-state index contributed by atoms with van der Waals surface area (Å²) >= 11 is 5.04. The molecule has 2 aromatic heterocycles. The number of nitrogens with zero attached hydrogens (tertiary/aromatic N) is 3. The Labute approximate surface area is 130 Å². The largest absolute Gasteiger partial charge is 0.354 e. The lowest BCUT2D eigenvalue weighted by atomic mass is 10.4. The van der Waals surface area contributed by atoms with Gasteiger partial charge < -0.3 is 10.2 Å². The van der Waals surface area contributed by atoms with Crippen molar-refractivity contribution < 1.29 is 4.39 Å². The Morgan fingerprint density at radius 2 is 2.30 bits per heavy atom. The molecule has 0 saturated carbocycles. The maximum Gasteiger partial charge on any atom is 0.224 e. The molecule has 0 fully saturated rings. The second kappa shape index (κ2) is 6.99. The van der Waals surface area contributed by atoms with Gasteiger partial charge in [-0.25, -0.2) is 9.37 Å². The molecule has 0 unspecified atom stereocenters. The van der Waals surface area contributed by atoms with Crippen LogP contribution in [-0.4, -0.2) is 23.6 Å². The zero-order valence-electron chi connectivity index (χ0n) is 11.4. The van der Waals surface area contributed by atoms with E-state index in [2.05, 4.69) is 38.1 Å². The van der Waals surface area contributed by atoms with Gasteiger partial charge in [-0.15, -0.1) is 11.3 Å². The third-order valence-electron chi connectivity index (χ3n) is 2.64. The number of rotatable bonds is 6. The van der Waals surface area contributed by atoms with E-state index in [0.717, 1.165) is 22.3 Å². The van der Waals surface area contributed by atoms with E-state index in [1.807, 2.05) is 18.5 Å². The fraction of sp³-hybridized carbons (Fsp3) is 0.385. The third kappa shape index (κ3) is 3.89. The minimum atomic E-state index is -0.412. The molecule has 4 nitrogen and oxygen atoms in total. The highest BCUT2D eigenvalue weighted by Gasteiger charge is 2.12. The van der Waals surface area contributed by atoms with E-state index in [4.69, 9.17) is 0 Å². The molecule has 108 valence electrons. The Hall–Kier alpha value is -1.21. The highest BCUT2D eigenvalue weighted by molar-refractivity contribution is 9.10. The lowest BCUT2D eigenvalue weighted by molar-refractivity contribution is 0.608. The summed E-state index contributed by atoms with van der Waals surface area (Å²) in [7, 11) is 1.82. The Bertz CT molecular complexity index is 575. The monoisotopic (exact) mass is 358 g/mol. The van der Waals surface area contributed by atoms with Crippen LogP contribution in [-0.2, 0) is 6.54 Å². The van der Waals surface area contributed by atoms with Crippen LogP contribution in [0.1, 0.15) is 18.2 Å². The first-order chi connectivity index (χ1) is 9.60. The van der Waals surface area contributed by atoms with Crippen molar-refractivity contribution in [1.29, 1.82) is 0 Å². The van der Waals surface area contributed by atoms with Crippen LogP contribution in [0.3, 0.4) is 0 Å². The Balaban J connectivity index is 2.13. The Morgan fingerprint density at radius 1 is 1.50 bits per heavy atom. The van der Waals surface area contributed by atoms with Gasteiger partial charge >= 0.3 is 0 Å². The molecular formula is C13H16BrFN4S.